The molecule has 1 aromatic rings. The number of nitrogens with zero attached hydrogens (tertiary/aromatic N) is 2. The van der Waals surface area contributed by atoms with Crippen LogP contribution in [0.5, 0.6) is 0 Å². The van der Waals surface area contributed by atoms with Crippen molar-refractivity contribution in [3.8, 4) is 0 Å². The van der Waals surface area contributed by atoms with E-state index in [0.717, 1.165) is 25.9 Å². The zero-order valence-electron chi connectivity index (χ0n) is 14.0. The molecule has 1 saturated heterocycles. The van der Waals surface area contributed by atoms with Crippen molar-refractivity contribution in [1.82, 2.24) is 15.2 Å². The fourth-order valence-electron chi connectivity index (χ4n) is 2.29. The van der Waals surface area contributed by atoms with E-state index in [2.05, 4.69) is 29.0 Å². The third-order valence-electron chi connectivity index (χ3n) is 3.60. The largest absolute Gasteiger partial charge is 0.347 e. The Morgan fingerprint density at radius 3 is 2.50 bits per heavy atom. The Balaban J connectivity index is 0.000000351. The minimum atomic E-state index is -3.80. The average Bonchev–Trinajstić information content (AvgIpc) is 3.01. The summed E-state index contributed by atoms with van der Waals surface area (Å²) in [5.74, 6) is -0.379. The molecule has 2 rings (SSSR count). The molecule has 4 N–H and O–H groups in total. The molecule has 0 radical (unpaired) electrons. The van der Waals surface area contributed by atoms with E-state index in [-0.39, 0.29) is 18.2 Å². The quantitative estimate of drug-likeness (QED) is 0.640. The zero-order valence-corrected chi connectivity index (χ0v) is 15.6. The Hall–Kier alpha value is -1.07. The Morgan fingerprint density at radius 1 is 1.50 bits per heavy atom. The van der Waals surface area contributed by atoms with Gasteiger partial charge in [-0.2, -0.15) is 8.42 Å². The van der Waals surface area contributed by atoms with E-state index in [1.165, 1.54) is 11.3 Å². The van der Waals surface area contributed by atoms with Gasteiger partial charge in [0, 0.05) is 43.3 Å². The molecule has 1 amide bonds. The highest BCUT2D eigenvalue weighted by molar-refractivity contribution is 7.85. The van der Waals surface area contributed by atoms with E-state index < -0.39 is 10.1 Å². The highest BCUT2D eigenvalue weighted by atomic mass is 32.2. The lowest BCUT2D eigenvalue weighted by molar-refractivity contribution is 0.0900. The monoisotopic (exact) mass is 378 g/mol. The Bertz CT molecular complexity index is 582. The minimum Gasteiger partial charge on any atom is -0.347 e. The van der Waals surface area contributed by atoms with Crippen molar-refractivity contribution in [3.63, 3.8) is 0 Å². The average molecular weight is 379 g/mol. The molecule has 0 saturated carbocycles. The van der Waals surface area contributed by atoms with Gasteiger partial charge < -0.3 is 16.0 Å². The van der Waals surface area contributed by atoms with E-state index >= 15 is 0 Å². The molecule has 1 aromatic heterocycles. The standard InChI is InChI=1S/C12H19N3OS.C2H7NO3S/c1-9(2)15-6-3-10(4-7-15)14-11(16)12-13-5-8-17-12;3-1-2-7(4,5)6/h5,8-10H,3-4,6-7H2,1-2H3,(H,14,16);1-3H2,(H,4,5,6). The first-order chi connectivity index (χ1) is 11.2. The van der Waals surface area contributed by atoms with E-state index in [9.17, 15) is 13.2 Å². The number of nitrogens with two attached hydrogens (primary N) is 1. The highest BCUT2D eigenvalue weighted by Crippen LogP contribution is 2.14. The van der Waals surface area contributed by atoms with Gasteiger partial charge >= 0.3 is 0 Å². The van der Waals surface area contributed by atoms with Crippen molar-refractivity contribution in [1.29, 1.82) is 0 Å². The van der Waals surface area contributed by atoms with Gasteiger partial charge in [0.25, 0.3) is 16.0 Å². The van der Waals surface area contributed by atoms with E-state index in [0.29, 0.717) is 17.1 Å². The van der Waals surface area contributed by atoms with Crippen LogP contribution in [0.15, 0.2) is 11.6 Å². The van der Waals surface area contributed by atoms with Gasteiger partial charge in [0.15, 0.2) is 5.01 Å². The summed E-state index contributed by atoms with van der Waals surface area (Å²) in [4.78, 5) is 18.3. The van der Waals surface area contributed by atoms with Crippen molar-refractivity contribution < 1.29 is 17.8 Å². The molecule has 0 aliphatic carbocycles. The Labute approximate surface area is 147 Å². The van der Waals surface area contributed by atoms with Crippen LogP contribution in [0.25, 0.3) is 0 Å². The fraction of sp³-hybridized carbons (Fsp3) is 0.714. The third kappa shape index (κ3) is 8.15. The van der Waals surface area contributed by atoms with Gasteiger partial charge in [-0.1, -0.05) is 0 Å². The van der Waals surface area contributed by atoms with Crippen LogP contribution in [0.2, 0.25) is 0 Å². The molecule has 10 heteroatoms. The van der Waals surface area contributed by atoms with Crippen LogP contribution in [0.3, 0.4) is 0 Å². The Morgan fingerprint density at radius 2 is 2.12 bits per heavy atom. The summed E-state index contributed by atoms with van der Waals surface area (Å²) < 4.78 is 27.3. The molecule has 0 spiro atoms. The predicted molar refractivity (Wildman–Crippen MR) is 94.8 cm³/mol. The smallest absolute Gasteiger partial charge is 0.280 e. The summed E-state index contributed by atoms with van der Waals surface area (Å²) >= 11 is 1.39. The second kappa shape index (κ2) is 10.0. The van der Waals surface area contributed by atoms with Crippen LogP contribution in [-0.4, -0.2) is 66.2 Å². The first-order valence-corrected chi connectivity index (χ1v) is 10.3. The first kappa shape index (κ1) is 21.0. The molecule has 0 atom stereocenters. The molecule has 2 heterocycles. The summed E-state index contributed by atoms with van der Waals surface area (Å²) in [7, 11) is -3.80. The number of amides is 1. The molecule has 1 fully saturated rings. The van der Waals surface area contributed by atoms with Crippen LogP contribution in [0, 0.1) is 0 Å². The molecule has 24 heavy (non-hydrogen) atoms. The SMILES string of the molecule is CC(C)N1CCC(NC(=O)c2nccs2)CC1.NCCS(=O)(=O)O. The highest BCUT2D eigenvalue weighted by Gasteiger charge is 2.22. The first-order valence-electron chi connectivity index (χ1n) is 7.82. The maximum atomic E-state index is 11.8. The van der Waals surface area contributed by atoms with Crippen molar-refractivity contribution in [3.05, 3.63) is 16.6 Å². The van der Waals surface area contributed by atoms with Gasteiger partial charge in [-0.3, -0.25) is 9.35 Å². The van der Waals surface area contributed by atoms with Crippen molar-refractivity contribution in [2.24, 2.45) is 5.73 Å². The number of hydrogen-bond donors (Lipinski definition) is 3. The van der Waals surface area contributed by atoms with E-state index in [4.69, 9.17) is 10.3 Å². The van der Waals surface area contributed by atoms with Gasteiger partial charge in [0.05, 0.1) is 5.75 Å². The summed E-state index contributed by atoms with van der Waals surface area (Å²) in [6.45, 7) is 6.54. The van der Waals surface area contributed by atoms with Gasteiger partial charge in [0.1, 0.15) is 0 Å². The van der Waals surface area contributed by atoms with Crippen molar-refractivity contribution in [2.45, 2.75) is 38.8 Å². The number of nitrogens with one attached hydrogen (secondary N) is 1. The molecule has 0 bridgehead atoms. The number of aromatic nitrogens is 1. The maximum Gasteiger partial charge on any atom is 0.280 e. The zero-order chi connectivity index (χ0) is 18.2. The maximum absolute atomic E-state index is 11.8. The lowest BCUT2D eigenvalue weighted by Gasteiger charge is -2.34. The fourth-order valence-corrected chi connectivity index (χ4v) is 3.13. The molecule has 1 aliphatic heterocycles. The van der Waals surface area contributed by atoms with Crippen molar-refractivity contribution >= 4 is 27.4 Å². The molecule has 138 valence electrons. The minimum absolute atomic E-state index is 0.0250. The normalized spacial score (nSPS) is 16.5. The number of carbonyl (C=O) groups excluding carboxylic acids is 1. The summed E-state index contributed by atoms with van der Waals surface area (Å²) in [5, 5.41) is 5.46. The van der Waals surface area contributed by atoms with E-state index in [1.807, 2.05) is 5.38 Å². The molecule has 0 aromatic carbocycles. The number of rotatable bonds is 5. The van der Waals surface area contributed by atoms with Crippen LogP contribution in [0.4, 0.5) is 0 Å². The van der Waals surface area contributed by atoms with Crippen LogP contribution in [-0.2, 0) is 10.1 Å². The summed E-state index contributed by atoms with van der Waals surface area (Å²) in [6.07, 6.45) is 3.74. The van der Waals surface area contributed by atoms with Gasteiger partial charge in [-0.25, -0.2) is 4.98 Å². The van der Waals surface area contributed by atoms with Gasteiger partial charge in [-0.05, 0) is 26.7 Å². The molecular formula is C14H26N4O4S2. The van der Waals surface area contributed by atoms with Crippen molar-refractivity contribution in [2.75, 3.05) is 25.4 Å². The number of piperidine rings is 1. The number of thiazole rings is 1. The van der Waals surface area contributed by atoms with Crippen LogP contribution < -0.4 is 11.1 Å². The summed E-state index contributed by atoms with van der Waals surface area (Å²) in [6, 6.07) is 0.909. The second-order valence-corrected chi connectivity index (χ2v) is 8.26. The number of carbonyl (C=O) groups is 1. The predicted octanol–water partition coefficient (Wildman–Crippen LogP) is 0.579. The number of likely N-dealkylation sites (tertiary alicyclic amines) is 1. The van der Waals surface area contributed by atoms with Gasteiger partial charge in [0.2, 0.25) is 0 Å². The molecular weight excluding hydrogens is 352 g/mol. The van der Waals surface area contributed by atoms with E-state index in [1.54, 1.807) is 6.20 Å². The third-order valence-corrected chi connectivity index (χ3v) is 5.12. The van der Waals surface area contributed by atoms with Gasteiger partial charge in [-0.15, -0.1) is 11.3 Å². The Kier molecular flexibility index (Phi) is 8.78. The van der Waals surface area contributed by atoms with Crippen LogP contribution in [0.1, 0.15) is 36.5 Å². The molecule has 1 aliphatic rings. The van der Waals surface area contributed by atoms with Crippen LogP contribution >= 0.6 is 11.3 Å². The second-order valence-electron chi connectivity index (χ2n) is 5.79. The summed E-state index contributed by atoms with van der Waals surface area (Å²) in [5.41, 5.74) is 4.78. The topological polar surface area (TPSA) is 126 Å². The lowest BCUT2D eigenvalue weighted by Crippen LogP contribution is -2.46. The number of hydrogen-bond acceptors (Lipinski definition) is 7. The molecule has 0 unspecified atom stereocenters. The molecule has 8 nitrogen and oxygen atoms in total. The lowest BCUT2D eigenvalue weighted by atomic mass is 10.0.